The quantitative estimate of drug-likeness (QED) is 0.291. The van der Waals surface area contributed by atoms with Gasteiger partial charge in [-0.3, -0.25) is 4.99 Å². The van der Waals surface area contributed by atoms with Crippen LogP contribution in [-0.2, 0) is 15.9 Å². The van der Waals surface area contributed by atoms with Gasteiger partial charge in [-0.15, -0.1) is 24.0 Å². The van der Waals surface area contributed by atoms with Crippen LogP contribution in [0.2, 0.25) is 0 Å². The van der Waals surface area contributed by atoms with E-state index in [1.54, 1.807) is 7.05 Å². The lowest BCUT2D eigenvalue weighted by atomic mass is 10.1. The molecule has 0 saturated carbocycles. The fourth-order valence-electron chi connectivity index (χ4n) is 2.73. The van der Waals surface area contributed by atoms with Gasteiger partial charge in [0, 0.05) is 26.2 Å². The van der Waals surface area contributed by atoms with E-state index in [0.29, 0.717) is 19.1 Å². The van der Waals surface area contributed by atoms with Gasteiger partial charge in [-0.25, -0.2) is 0 Å². The third-order valence-electron chi connectivity index (χ3n) is 4.29. The van der Waals surface area contributed by atoms with E-state index in [0.717, 1.165) is 44.3 Å². The van der Waals surface area contributed by atoms with Crippen LogP contribution in [0.5, 0.6) is 5.75 Å². The topological polar surface area (TPSA) is 64.1 Å². The molecule has 0 spiro atoms. The molecule has 2 unspecified atom stereocenters. The van der Waals surface area contributed by atoms with E-state index < -0.39 is 0 Å². The first kappa shape index (κ1) is 25.0. The third kappa shape index (κ3) is 9.93. The Balaban J connectivity index is 0.00000392. The van der Waals surface area contributed by atoms with Gasteiger partial charge in [0.2, 0.25) is 0 Å². The second kappa shape index (κ2) is 14.0. The van der Waals surface area contributed by atoms with Crippen LogP contribution in [0.3, 0.4) is 0 Å². The Morgan fingerprint density at radius 3 is 2.57 bits per heavy atom. The standard InChI is InChI=1S/C21H35N3O3.HI/c1-16(2)13-26-19-7-5-18(6-8-19)9-11-23-21(22-4)24-17(3)14-27-20-10-12-25-15-20;/h5-8,16-17,20H,9-15H2,1-4H3,(H2,22,23,24);1H. The number of benzene rings is 1. The first-order chi connectivity index (χ1) is 13.1. The van der Waals surface area contributed by atoms with E-state index in [2.05, 4.69) is 48.5 Å². The van der Waals surface area contributed by atoms with Crippen molar-refractivity contribution in [2.24, 2.45) is 10.9 Å². The number of rotatable bonds is 10. The molecule has 160 valence electrons. The number of nitrogens with zero attached hydrogens (tertiary/aromatic N) is 1. The molecule has 6 nitrogen and oxygen atoms in total. The minimum absolute atomic E-state index is 0. The lowest BCUT2D eigenvalue weighted by Crippen LogP contribution is -2.45. The Labute approximate surface area is 186 Å². The van der Waals surface area contributed by atoms with Gasteiger partial charge in [-0.05, 0) is 43.4 Å². The lowest BCUT2D eigenvalue weighted by Gasteiger charge is -2.19. The van der Waals surface area contributed by atoms with Crippen molar-refractivity contribution in [2.75, 3.05) is 40.0 Å². The number of guanidine groups is 1. The van der Waals surface area contributed by atoms with Crippen molar-refractivity contribution in [2.45, 2.75) is 45.8 Å². The van der Waals surface area contributed by atoms with E-state index in [4.69, 9.17) is 14.2 Å². The van der Waals surface area contributed by atoms with Gasteiger partial charge in [-0.2, -0.15) is 0 Å². The molecular weight excluding hydrogens is 469 g/mol. The van der Waals surface area contributed by atoms with Crippen LogP contribution >= 0.6 is 24.0 Å². The van der Waals surface area contributed by atoms with E-state index in [-0.39, 0.29) is 36.1 Å². The highest BCUT2D eigenvalue weighted by molar-refractivity contribution is 14.0. The van der Waals surface area contributed by atoms with Crippen LogP contribution in [0.4, 0.5) is 0 Å². The van der Waals surface area contributed by atoms with Gasteiger partial charge in [-0.1, -0.05) is 26.0 Å². The van der Waals surface area contributed by atoms with Crippen LogP contribution < -0.4 is 15.4 Å². The molecule has 2 atom stereocenters. The van der Waals surface area contributed by atoms with Crippen molar-refractivity contribution in [3.63, 3.8) is 0 Å². The van der Waals surface area contributed by atoms with Gasteiger partial charge in [0.1, 0.15) is 5.75 Å². The van der Waals surface area contributed by atoms with E-state index in [9.17, 15) is 0 Å². The largest absolute Gasteiger partial charge is 0.493 e. The normalized spacial score (nSPS) is 17.9. The molecule has 7 heteroatoms. The fraction of sp³-hybridized carbons (Fsp3) is 0.667. The number of ether oxygens (including phenoxy) is 3. The van der Waals surface area contributed by atoms with Gasteiger partial charge < -0.3 is 24.8 Å². The Hall–Kier alpha value is -1.06. The minimum Gasteiger partial charge on any atom is -0.493 e. The predicted octanol–water partition coefficient (Wildman–Crippen LogP) is 3.24. The summed E-state index contributed by atoms with van der Waals surface area (Å²) in [6.07, 6.45) is 2.15. The van der Waals surface area contributed by atoms with Crippen LogP contribution in [0, 0.1) is 5.92 Å². The molecule has 0 aliphatic carbocycles. The zero-order valence-corrected chi connectivity index (χ0v) is 19.9. The molecule has 2 rings (SSSR count). The molecule has 0 aromatic heterocycles. The predicted molar refractivity (Wildman–Crippen MR) is 125 cm³/mol. The average Bonchev–Trinajstić information content (AvgIpc) is 3.18. The summed E-state index contributed by atoms with van der Waals surface area (Å²) in [4.78, 5) is 4.29. The Morgan fingerprint density at radius 1 is 1.21 bits per heavy atom. The molecule has 0 bridgehead atoms. The smallest absolute Gasteiger partial charge is 0.191 e. The van der Waals surface area contributed by atoms with Crippen LogP contribution in [0.15, 0.2) is 29.3 Å². The third-order valence-corrected chi connectivity index (χ3v) is 4.29. The van der Waals surface area contributed by atoms with E-state index >= 15 is 0 Å². The minimum atomic E-state index is 0. The highest BCUT2D eigenvalue weighted by Crippen LogP contribution is 2.13. The molecule has 28 heavy (non-hydrogen) atoms. The van der Waals surface area contributed by atoms with Crippen molar-refractivity contribution >= 4 is 29.9 Å². The van der Waals surface area contributed by atoms with Crippen LogP contribution in [-0.4, -0.2) is 58.1 Å². The van der Waals surface area contributed by atoms with Crippen molar-refractivity contribution < 1.29 is 14.2 Å². The first-order valence-corrected chi connectivity index (χ1v) is 9.95. The Kier molecular flexibility index (Phi) is 12.5. The number of hydrogen-bond acceptors (Lipinski definition) is 4. The molecule has 1 fully saturated rings. The van der Waals surface area contributed by atoms with Gasteiger partial charge in [0.05, 0.1) is 25.9 Å². The molecule has 2 N–H and O–H groups in total. The van der Waals surface area contributed by atoms with Crippen molar-refractivity contribution in [1.29, 1.82) is 0 Å². The summed E-state index contributed by atoms with van der Waals surface area (Å²) >= 11 is 0. The number of nitrogens with one attached hydrogen (secondary N) is 2. The maximum absolute atomic E-state index is 5.85. The zero-order valence-electron chi connectivity index (χ0n) is 17.6. The average molecular weight is 505 g/mol. The Bertz CT molecular complexity index is 561. The summed E-state index contributed by atoms with van der Waals surface area (Å²) in [5.74, 6) is 2.26. The molecular formula is C21H36IN3O3. The van der Waals surface area contributed by atoms with Crippen molar-refractivity contribution in [3.05, 3.63) is 29.8 Å². The summed E-state index contributed by atoms with van der Waals surface area (Å²) < 4.78 is 16.9. The van der Waals surface area contributed by atoms with Crippen molar-refractivity contribution in [3.8, 4) is 5.75 Å². The first-order valence-electron chi connectivity index (χ1n) is 9.95. The monoisotopic (exact) mass is 505 g/mol. The summed E-state index contributed by atoms with van der Waals surface area (Å²) in [6, 6.07) is 8.50. The summed E-state index contributed by atoms with van der Waals surface area (Å²) in [5, 5.41) is 6.73. The highest BCUT2D eigenvalue weighted by Gasteiger charge is 2.17. The lowest BCUT2D eigenvalue weighted by molar-refractivity contribution is 0.0347. The zero-order chi connectivity index (χ0) is 19.5. The molecule has 0 radical (unpaired) electrons. The van der Waals surface area contributed by atoms with Gasteiger partial charge in [0.25, 0.3) is 0 Å². The number of hydrogen-bond donors (Lipinski definition) is 2. The summed E-state index contributed by atoms with van der Waals surface area (Å²) in [7, 11) is 1.79. The number of aliphatic imine (C=N–C) groups is 1. The summed E-state index contributed by atoms with van der Waals surface area (Å²) in [6.45, 7) is 10.1. The molecule has 1 aliphatic rings. The number of halogens is 1. The maximum Gasteiger partial charge on any atom is 0.191 e. The molecule has 1 heterocycles. The van der Waals surface area contributed by atoms with Crippen LogP contribution in [0.1, 0.15) is 32.8 Å². The van der Waals surface area contributed by atoms with Crippen LogP contribution in [0.25, 0.3) is 0 Å². The highest BCUT2D eigenvalue weighted by atomic mass is 127. The second-order valence-electron chi connectivity index (χ2n) is 7.46. The molecule has 1 saturated heterocycles. The molecule has 1 aliphatic heterocycles. The van der Waals surface area contributed by atoms with Crippen molar-refractivity contribution in [1.82, 2.24) is 10.6 Å². The molecule has 1 aromatic rings. The fourth-order valence-corrected chi connectivity index (χ4v) is 2.73. The second-order valence-corrected chi connectivity index (χ2v) is 7.46. The molecule has 1 aromatic carbocycles. The van der Waals surface area contributed by atoms with E-state index in [1.807, 2.05) is 12.1 Å². The summed E-state index contributed by atoms with van der Waals surface area (Å²) in [5.41, 5.74) is 1.27. The van der Waals surface area contributed by atoms with Gasteiger partial charge in [0.15, 0.2) is 5.96 Å². The van der Waals surface area contributed by atoms with Gasteiger partial charge >= 0.3 is 0 Å². The SMILES string of the molecule is CN=C(NCCc1ccc(OCC(C)C)cc1)NC(C)COC1CCOC1.I. The Morgan fingerprint density at radius 2 is 1.96 bits per heavy atom. The van der Waals surface area contributed by atoms with E-state index in [1.165, 1.54) is 5.56 Å². The maximum atomic E-state index is 5.85. The molecule has 0 amide bonds.